The van der Waals surface area contributed by atoms with Gasteiger partial charge in [-0.25, -0.2) is 19.9 Å². The zero-order valence-corrected chi connectivity index (χ0v) is 20.7. The summed E-state index contributed by atoms with van der Waals surface area (Å²) in [4.78, 5) is 20.0. The summed E-state index contributed by atoms with van der Waals surface area (Å²) in [6, 6.07) is 24.6. The molecule has 170 valence electrons. The smallest absolute Gasteiger partial charge is 0.0930 e. The molecule has 0 spiro atoms. The molecule has 0 N–H and O–H groups in total. The fourth-order valence-corrected chi connectivity index (χ4v) is 4.23. The predicted molar refractivity (Wildman–Crippen MR) is 141 cm³/mol. The second-order valence-corrected chi connectivity index (χ2v) is 10.9. The van der Waals surface area contributed by atoms with E-state index in [9.17, 15) is 0 Å². The first-order valence-corrected chi connectivity index (χ1v) is 11.8. The lowest BCUT2D eigenvalue weighted by molar-refractivity contribution is 0.570. The summed E-state index contributed by atoms with van der Waals surface area (Å²) in [5.74, 6) is 0. The minimum absolute atomic E-state index is 0.131. The number of nitrogens with zero attached hydrogens (tertiary/aromatic N) is 4. The van der Waals surface area contributed by atoms with Gasteiger partial charge in [-0.3, -0.25) is 0 Å². The van der Waals surface area contributed by atoms with Crippen LogP contribution in [-0.4, -0.2) is 19.9 Å². The minimum atomic E-state index is -0.131. The number of para-hydroxylation sites is 4. The normalized spacial score (nSPS) is 12.4. The van der Waals surface area contributed by atoms with Crippen LogP contribution in [0.25, 0.3) is 44.6 Å². The van der Waals surface area contributed by atoms with Gasteiger partial charge in [0.25, 0.3) is 0 Å². The Balaban J connectivity index is 1.66. The van der Waals surface area contributed by atoms with Gasteiger partial charge in [0.15, 0.2) is 0 Å². The molecule has 0 bridgehead atoms. The van der Waals surface area contributed by atoms with Gasteiger partial charge in [0.05, 0.1) is 44.8 Å². The molecule has 34 heavy (non-hydrogen) atoms. The van der Waals surface area contributed by atoms with Gasteiger partial charge in [0.1, 0.15) is 0 Å². The molecule has 3 aromatic carbocycles. The summed E-state index contributed by atoms with van der Waals surface area (Å²) < 4.78 is 0. The van der Waals surface area contributed by atoms with E-state index in [2.05, 4.69) is 65.8 Å². The Kier molecular flexibility index (Phi) is 5.20. The molecule has 0 atom stereocenters. The van der Waals surface area contributed by atoms with Crippen molar-refractivity contribution in [1.82, 2.24) is 19.9 Å². The van der Waals surface area contributed by atoms with Gasteiger partial charge in [0.2, 0.25) is 0 Å². The van der Waals surface area contributed by atoms with E-state index in [1.165, 1.54) is 0 Å². The van der Waals surface area contributed by atoms with Crippen LogP contribution in [0.4, 0.5) is 0 Å². The number of benzene rings is 3. The molecule has 5 rings (SSSR count). The van der Waals surface area contributed by atoms with Crippen molar-refractivity contribution in [3.63, 3.8) is 0 Å². The molecule has 4 heteroatoms. The van der Waals surface area contributed by atoms with E-state index in [1.807, 2.05) is 48.5 Å². The highest BCUT2D eigenvalue weighted by molar-refractivity contribution is 5.81. The average Bonchev–Trinajstić information content (AvgIpc) is 2.81. The Labute approximate surface area is 201 Å². The van der Waals surface area contributed by atoms with E-state index in [4.69, 9.17) is 19.9 Å². The van der Waals surface area contributed by atoms with Crippen molar-refractivity contribution in [2.45, 2.75) is 52.4 Å². The lowest BCUT2D eigenvalue weighted by Gasteiger charge is -2.23. The molecule has 0 radical (unpaired) electrons. The fraction of sp³-hybridized carbons (Fsp3) is 0.267. The summed E-state index contributed by atoms with van der Waals surface area (Å²) in [7, 11) is 0. The van der Waals surface area contributed by atoms with Crippen molar-refractivity contribution in [2.75, 3.05) is 0 Å². The third kappa shape index (κ3) is 4.05. The maximum Gasteiger partial charge on any atom is 0.0930 e. The van der Waals surface area contributed by atoms with Crippen LogP contribution in [0.2, 0.25) is 0 Å². The number of hydrogen-bond donors (Lipinski definition) is 0. The molecular weight excluding hydrogens is 416 g/mol. The van der Waals surface area contributed by atoms with E-state index >= 15 is 0 Å². The minimum Gasteiger partial charge on any atom is -0.248 e. The van der Waals surface area contributed by atoms with Crippen LogP contribution in [0.15, 0.2) is 72.8 Å². The Morgan fingerprint density at radius 3 is 1.00 bits per heavy atom. The molecule has 0 saturated heterocycles. The van der Waals surface area contributed by atoms with E-state index in [0.29, 0.717) is 0 Å². The summed E-state index contributed by atoms with van der Waals surface area (Å²) in [5.41, 5.74) is 9.37. The maximum atomic E-state index is 5.02. The molecule has 5 aromatic rings. The van der Waals surface area contributed by atoms with Crippen LogP contribution in [0.5, 0.6) is 0 Å². The SMILES string of the molecule is CC(C)(C)c1nc2ccccc2nc1-c1ccc(-c2nc3ccccc3nc2C(C)(C)C)cc1. The Morgan fingerprint density at radius 1 is 0.412 bits per heavy atom. The standard InChI is InChI=1S/C30H30N4/c1-29(2,3)27-25(31-21-11-7-9-13-23(21)33-27)19-15-17-20(18-16-19)26-28(30(4,5)6)34-24-14-10-8-12-22(24)32-26/h7-18H,1-6H3. The average molecular weight is 447 g/mol. The molecule has 2 heterocycles. The third-order valence-corrected chi connectivity index (χ3v) is 5.99. The van der Waals surface area contributed by atoms with E-state index < -0.39 is 0 Å². The van der Waals surface area contributed by atoms with Crippen LogP contribution in [0.3, 0.4) is 0 Å². The molecular formula is C30H30N4. The van der Waals surface area contributed by atoms with Gasteiger partial charge in [-0.2, -0.15) is 0 Å². The van der Waals surface area contributed by atoms with Gasteiger partial charge in [-0.1, -0.05) is 90.1 Å². The monoisotopic (exact) mass is 446 g/mol. The molecule has 4 nitrogen and oxygen atoms in total. The highest BCUT2D eigenvalue weighted by Crippen LogP contribution is 2.35. The number of rotatable bonds is 2. The molecule has 0 aliphatic rings. The topological polar surface area (TPSA) is 51.6 Å². The zero-order valence-electron chi connectivity index (χ0n) is 20.7. The lowest BCUT2D eigenvalue weighted by atomic mass is 9.87. The predicted octanol–water partition coefficient (Wildman–Crippen LogP) is 7.50. The second-order valence-electron chi connectivity index (χ2n) is 10.9. The molecule has 0 unspecified atom stereocenters. The maximum absolute atomic E-state index is 5.02. The lowest BCUT2D eigenvalue weighted by Crippen LogP contribution is -2.17. The van der Waals surface area contributed by atoms with Gasteiger partial charge in [-0.05, 0) is 24.3 Å². The Hall–Kier alpha value is -3.66. The van der Waals surface area contributed by atoms with Crippen LogP contribution < -0.4 is 0 Å². The van der Waals surface area contributed by atoms with Crippen LogP contribution in [-0.2, 0) is 10.8 Å². The quantitative estimate of drug-likeness (QED) is 0.282. The third-order valence-electron chi connectivity index (χ3n) is 5.99. The Bertz CT molecular complexity index is 1390. The van der Waals surface area contributed by atoms with Gasteiger partial charge in [0, 0.05) is 22.0 Å². The van der Waals surface area contributed by atoms with Crippen molar-refractivity contribution in [1.29, 1.82) is 0 Å². The summed E-state index contributed by atoms with van der Waals surface area (Å²) >= 11 is 0. The summed E-state index contributed by atoms with van der Waals surface area (Å²) in [6.07, 6.45) is 0. The van der Waals surface area contributed by atoms with Crippen LogP contribution in [0, 0.1) is 0 Å². The van der Waals surface area contributed by atoms with Crippen molar-refractivity contribution in [2.24, 2.45) is 0 Å². The summed E-state index contributed by atoms with van der Waals surface area (Å²) in [5, 5.41) is 0. The van der Waals surface area contributed by atoms with Crippen molar-refractivity contribution in [3.05, 3.63) is 84.2 Å². The first kappa shape index (κ1) is 22.1. The van der Waals surface area contributed by atoms with Gasteiger partial charge >= 0.3 is 0 Å². The highest BCUT2D eigenvalue weighted by Gasteiger charge is 2.25. The van der Waals surface area contributed by atoms with Crippen LogP contribution >= 0.6 is 0 Å². The first-order valence-electron chi connectivity index (χ1n) is 11.8. The molecule has 2 aromatic heterocycles. The molecule has 0 aliphatic heterocycles. The largest absolute Gasteiger partial charge is 0.248 e. The van der Waals surface area contributed by atoms with E-state index in [-0.39, 0.29) is 10.8 Å². The van der Waals surface area contributed by atoms with Gasteiger partial charge < -0.3 is 0 Å². The molecule has 0 amide bonds. The first-order chi connectivity index (χ1) is 16.1. The van der Waals surface area contributed by atoms with Crippen molar-refractivity contribution in [3.8, 4) is 22.5 Å². The second kappa shape index (κ2) is 7.98. The molecule has 0 aliphatic carbocycles. The summed E-state index contributed by atoms with van der Waals surface area (Å²) in [6.45, 7) is 13.1. The van der Waals surface area contributed by atoms with Crippen molar-refractivity contribution < 1.29 is 0 Å². The number of fused-ring (bicyclic) bond motifs is 2. The van der Waals surface area contributed by atoms with Crippen LogP contribution in [0.1, 0.15) is 52.9 Å². The van der Waals surface area contributed by atoms with Crippen molar-refractivity contribution >= 4 is 22.1 Å². The zero-order chi connectivity index (χ0) is 24.1. The number of hydrogen-bond acceptors (Lipinski definition) is 4. The van der Waals surface area contributed by atoms with Gasteiger partial charge in [-0.15, -0.1) is 0 Å². The molecule has 0 saturated carbocycles. The highest BCUT2D eigenvalue weighted by atomic mass is 14.9. The van der Waals surface area contributed by atoms with E-state index in [1.54, 1.807) is 0 Å². The fourth-order valence-electron chi connectivity index (χ4n) is 4.23. The van der Waals surface area contributed by atoms with E-state index in [0.717, 1.165) is 56.0 Å². The number of aromatic nitrogens is 4. The molecule has 0 fully saturated rings. The Morgan fingerprint density at radius 2 is 0.706 bits per heavy atom.